The van der Waals surface area contributed by atoms with Crippen LogP contribution in [0.3, 0.4) is 0 Å². The lowest BCUT2D eigenvalue weighted by Crippen LogP contribution is -2.43. The summed E-state index contributed by atoms with van der Waals surface area (Å²) in [4.78, 5) is 0. The van der Waals surface area contributed by atoms with Gasteiger partial charge in [0.15, 0.2) is 0 Å². The smallest absolute Gasteiger partial charge is 0.129 e. The Hall–Kier alpha value is -1.00. The molecule has 0 spiro atoms. The maximum Gasteiger partial charge on any atom is 0.129 e. The number of ether oxygens (including phenoxy) is 1. The van der Waals surface area contributed by atoms with Crippen LogP contribution >= 0.6 is 0 Å². The van der Waals surface area contributed by atoms with Crippen LogP contribution in [0.4, 0.5) is 8.78 Å². The molecule has 1 aromatic carbocycles. The van der Waals surface area contributed by atoms with Gasteiger partial charge in [-0.1, -0.05) is 19.9 Å². The molecule has 1 heterocycles. The van der Waals surface area contributed by atoms with Crippen LogP contribution < -0.4 is 5.32 Å². The Bertz CT molecular complexity index is 460. The summed E-state index contributed by atoms with van der Waals surface area (Å²) in [6.07, 6.45) is 0.618. The lowest BCUT2D eigenvalue weighted by atomic mass is 9.81. The lowest BCUT2D eigenvalue weighted by Gasteiger charge is -2.30. The van der Waals surface area contributed by atoms with Crippen molar-refractivity contribution in [3.05, 3.63) is 35.4 Å². The summed E-state index contributed by atoms with van der Waals surface area (Å²) in [5.41, 5.74) is 0.169. The van der Waals surface area contributed by atoms with Gasteiger partial charge in [-0.25, -0.2) is 8.78 Å². The van der Waals surface area contributed by atoms with Crippen LogP contribution in [-0.2, 0) is 11.2 Å². The standard InChI is InChI=1S/C17H25F2NO/c1-5-20-16(17-10(2)11(3)21-12(17)4)9-13-14(18)7-6-8-15(13)19/h6-8,10-12,16-17,20H,5,9H2,1-4H3. The molecule has 2 nitrogen and oxygen atoms in total. The molecule has 118 valence electrons. The fraction of sp³-hybridized carbons (Fsp3) is 0.647. The first-order chi connectivity index (χ1) is 9.95. The van der Waals surface area contributed by atoms with Gasteiger partial charge in [0, 0.05) is 17.5 Å². The van der Waals surface area contributed by atoms with E-state index in [0.717, 1.165) is 6.54 Å². The van der Waals surface area contributed by atoms with Crippen molar-refractivity contribution in [2.75, 3.05) is 6.54 Å². The van der Waals surface area contributed by atoms with Crippen molar-refractivity contribution >= 4 is 0 Å². The Kier molecular flexibility index (Phi) is 5.33. The van der Waals surface area contributed by atoms with Gasteiger partial charge in [0.25, 0.3) is 0 Å². The molecule has 0 bridgehead atoms. The number of halogens is 2. The van der Waals surface area contributed by atoms with Crippen molar-refractivity contribution < 1.29 is 13.5 Å². The van der Waals surface area contributed by atoms with Crippen molar-refractivity contribution in [1.29, 1.82) is 0 Å². The van der Waals surface area contributed by atoms with Crippen molar-refractivity contribution in [3.63, 3.8) is 0 Å². The molecule has 1 fully saturated rings. The molecule has 4 heteroatoms. The topological polar surface area (TPSA) is 21.3 Å². The summed E-state index contributed by atoms with van der Waals surface area (Å²) in [6.45, 7) is 9.05. The van der Waals surface area contributed by atoms with E-state index < -0.39 is 11.6 Å². The zero-order chi connectivity index (χ0) is 15.6. The van der Waals surface area contributed by atoms with E-state index in [1.807, 2.05) is 13.8 Å². The predicted octanol–water partition coefficient (Wildman–Crippen LogP) is 3.54. The molecule has 0 aromatic heterocycles. The molecule has 1 saturated heterocycles. The van der Waals surface area contributed by atoms with Gasteiger partial charge in [-0.2, -0.15) is 0 Å². The van der Waals surface area contributed by atoms with E-state index in [0.29, 0.717) is 12.3 Å². The van der Waals surface area contributed by atoms with Gasteiger partial charge in [0.1, 0.15) is 11.6 Å². The third-order valence-electron chi connectivity index (χ3n) is 4.74. The summed E-state index contributed by atoms with van der Waals surface area (Å²) in [6, 6.07) is 4.06. The second-order valence-electron chi connectivity index (χ2n) is 6.05. The first-order valence-electron chi connectivity index (χ1n) is 7.77. The zero-order valence-corrected chi connectivity index (χ0v) is 13.2. The van der Waals surface area contributed by atoms with Crippen molar-refractivity contribution in [2.24, 2.45) is 11.8 Å². The maximum atomic E-state index is 13.9. The largest absolute Gasteiger partial charge is 0.375 e. The third-order valence-corrected chi connectivity index (χ3v) is 4.74. The molecule has 0 radical (unpaired) electrons. The number of likely N-dealkylation sites (N-methyl/N-ethyl adjacent to an activating group) is 1. The van der Waals surface area contributed by atoms with Gasteiger partial charge in [-0.05, 0) is 44.9 Å². The summed E-state index contributed by atoms with van der Waals surface area (Å²) < 4.78 is 33.7. The lowest BCUT2D eigenvalue weighted by molar-refractivity contribution is 0.0476. The van der Waals surface area contributed by atoms with Gasteiger partial charge in [-0.3, -0.25) is 0 Å². The number of hydrogen-bond acceptors (Lipinski definition) is 2. The number of hydrogen-bond donors (Lipinski definition) is 1. The molecule has 1 N–H and O–H groups in total. The molecular weight excluding hydrogens is 272 g/mol. The van der Waals surface area contributed by atoms with E-state index >= 15 is 0 Å². The van der Waals surface area contributed by atoms with Crippen LogP contribution in [0.15, 0.2) is 18.2 Å². The monoisotopic (exact) mass is 297 g/mol. The van der Waals surface area contributed by atoms with E-state index in [4.69, 9.17) is 4.74 Å². The molecular formula is C17H25F2NO. The molecule has 2 rings (SSSR count). The Morgan fingerprint density at radius 1 is 1.14 bits per heavy atom. The van der Waals surface area contributed by atoms with Crippen molar-refractivity contribution in [1.82, 2.24) is 5.32 Å². The highest BCUT2D eigenvalue weighted by Crippen LogP contribution is 2.36. The fourth-order valence-corrected chi connectivity index (χ4v) is 3.54. The Morgan fingerprint density at radius 3 is 2.24 bits per heavy atom. The first kappa shape index (κ1) is 16.4. The minimum atomic E-state index is -0.467. The Morgan fingerprint density at radius 2 is 1.76 bits per heavy atom. The zero-order valence-electron chi connectivity index (χ0n) is 13.2. The Labute approximate surface area is 125 Å². The highest BCUT2D eigenvalue weighted by atomic mass is 19.1. The van der Waals surface area contributed by atoms with Gasteiger partial charge in [0.2, 0.25) is 0 Å². The minimum absolute atomic E-state index is 0.0105. The average molecular weight is 297 g/mol. The first-order valence-corrected chi connectivity index (χ1v) is 7.77. The van der Waals surface area contributed by atoms with Crippen LogP contribution in [-0.4, -0.2) is 24.8 Å². The summed E-state index contributed by atoms with van der Waals surface area (Å²) >= 11 is 0. The van der Waals surface area contributed by atoms with Gasteiger partial charge >= 0.3 is 0 Å². The van der Waals surface area contributed by atoms with Gasteiger partial charge in [-0.15, -0.1) is 0 Å². The number of rotatable bonds is 5. The summed E-state index contributed by atoms with van der Waals surface area (Å²) in [5, 5.41) is 3.40. The predicted molar refractivity (Wildman–Crippen MR) is 80.2 cm³/mol. The van der Waals surface area contributed by atoms with Crippen LogP contribution in [0.5, 0.6) is 0 Å². The van der Waals surface area contributed by atoms with E-state index in [2.05, 4.69) is 19.2 Å². The molecule has 0 saturated carbocycles. The molecule has 5 atom stereocenters. The summed E-state index contributed by atoms with van der Waals surface area (Å²) in [7, 11) is 0. The number of benzene rings is 1. The quantitative estimate of drug-likeness (QED) is 0.897. The average Bonchev–Trinajstić information content (AvgIpc) is 2.67. The molecule has 0 amide bonds. The third kappa shape index (κ3) is 3.43. The van der Waals surface area contributed by atoms with Crippen LogP contribution in [0, 0.1) is 23.5 Å². The highest BCUT2D eigenvalue weighted by molar-refractivity contribution is 5.21. The van der Waals surface area contributed by atoms with Crippen LogP contribution in [0.2, 0.25) is 0 Å². The Balaban J connectivity index is 2.23. The normalized spacial score (nSPS) is 30.6. The SMILES string of the molecule is CCNC(Cc1c(F)cccc1F)C1C(C)OC(C)C1C. The second kappa shape index (κ2) is 6.84. The fourth-order valence-electron chi connectivity index (χ4n) is 3.54. The van der Waals surface area contributed by atoms with Crippen molar-refractivity contribution in [2.45, 2.75) is 52.4 Å². The maximum absolute atomic E-state index is 13.9. The summed E-state index contributed by atoms with van der Waals surface area (Å²) in [5.74, 6) is -0.326. The van der Waals surface area contributed by atoms with E-state index in [1.165, 1.54) is 18.2 Å². The molecule has 0 aliphatic carbocycles. The highest BCUT2D eigenvalue weighted by Gasteiger charge is 2.41. The van der Waals surface area contributed by atoms with Crippen LogP contribution in [0.25, 0.3) is 0 Å². The van der Waals surface area contributed by atoms with E-state index in [-0.39, 0.29) is 29.7 Å². The number of nitrogens with one attached hydrogen (secondary N) is 1. The van der Waals surface area contributed by atoms with Gasteiger partial charge in [0.05, 0.1) is 12.2 Å². The van der Waals surface area contributed by atoms with Crippen molar-refractivity contribution in [3.8, 4) is 0 Å². The molecule has 1 aliphatic rings. The second-order valence-corrected chi connectivity index (χ2v) is 6.05. The molecule has 1 aromatic rings. The van der Waals surface area contributed by atoms with Crippen LogP contribution in [0.1, 0.15) is 33.3 Å². The molecule has 21 heavy (non-hydrogen) atoms. The minimum Gasteiger partial charge on any atom is -0.375 e. The molecule has 5 unspecified atom stereocenters. The van der Waals surface area contributed by atoms with Gasteiger partial charge < -0.3 is 10.1 Å². The van der Waals surface area contributed by atoms with E-state index in [1.54, 1.807) is 0 Å². The van der Waals surface area contributed by atoms with E-state index in [9.17, 15) is 8.78 Å². The molecule has 1 aliphatic heterocycles.